The van der Waals surface area contributed by atoms with Gasteiger partial charge in [0.15, 0.2) is 0 Å². The minimum atomic E-state index is -0.0928. The lowest BCUT2D eigenvalue weighted by atomic mass is 10.1. The number of aromatic nitrogens is 1. The first-order valence-corrected chi connectivity index (χ1v) is 9.51. The molecule has 6 heteroatoms. The van der Waals surface area contributed by atoms with Gasteiger partial charge < -0.3 is 19.7 Å². The molecule has 0 unspecified atom stereocenters. The van der Waals surface area contributed by atoms with E-state index in [0.717, 1.165) is 30.0 Å². The summed E-state index contributed by atoms with van der Waals surface area (Å²) in [5.41, 5.74) is 4.00. The van der Waals surface area contributed by atoms with Gasteiger partial charge in [-0.3, -0.25) is 4.79 Å². The fourth-order valence-electron chi connectivity index (χ4n) is 3.33. The monoisotopic (exact) mass is 389 g/mol. The summed E-state index contributed by atoms with van der Waals surface area (Å²) in [6.45, 7) is 1.40. The molecular weight excluding hydrogens is 366 g/mol. The van der Waals surface area contributed by atoms with Crippen molar-refractivity contribution in [1.29, 1.82) is 0 Å². The fourth-order valence-corrected chi connectivity index (χ4v) is 3.33. The average molecular weight is 389 g/mol. The molecule has 0 radical (unpaired) electrons. The van der Waals surface area contributed by atoms with Crippen molar-refractivity contribution >= 4 is 11.6 Å². The number of fused-ring (bicyclic) bond motifs is 1. The Morgan fingerprint density at radius 3 is 2.79 bits per heavy atom. The third-order valence-corrected chi connectivity index (χ3v) is 4.99. The number of carbonyl (C=O) groups is 1. The van der Waals surface area contributed by atoms with E-state index in [2.05, 4.69) is 15.2 Å². The third-order valence-electron chi connectivity index (χ3n) is 4.99. The Hall–Kier alpha value is -3.54. The van der Waals surface area contributed by atoms with E-state index >= 15 is 0 Å². The second-order valence-corrected chi connectivity index (χ2v) is 6.98. The van der Waals surface area contributed by atoms with E-state index in [1.165, 1.54) is 5.56 Å². The van der Waals surface area contributed by atoms with Gasteiger partial charge in [-0.1, -0.05) is 18.2 Å². The van der Waals surface area contributed by atoms with Crippen LogP contribution >= 0.6 is 0 Å². The summed E-state index contributed by atoms with van der Waals surface area (Å²) in [4.78, 5) is 19.0. The number of rotatable bonds is 6. The van der Waals surface area contributed by atoms with Crippen LogP contribution in [0.25, 0.3) is 0 Å². The Balaban J connectivity index is 1.35. The number of benzene rings is 2. The van der Waals surface area contributed by atoms with Crippen molar-refractivity contribution in [3.63, 3.8) is 0 Å². The van der Waals surface area contributed by atoms with E-state index in [1.54, 1.807) is 25.4 Å². The maximum atomic E-state index is 12.5. The second-order valence-electron chi connectivity index (χ2n) is 6.98. The van der Waals surface area contributed by atoms with Crippen LogP contribution in [0.4, 0.5) is 5.69 Å². The Labute approximate surface area is 170 Å². The van der Waals surface area contributed by atoms with Crippen molar-refractivity contribution in [2.45, 2.75) is 13.0 Å². The van der Waals surface area contributed by atoms with Crippen LogP contribution in [-0.4, -0.2) is 31.6 Å². The number of nitrogens with one attached hydrogen (secondary N) is 1. The SMILES string of the molecule is COc1cccc(Oc2ccc(CNC(=O)c3ccc4c(c3)N(C)CC4)cn2)c1. The van der Waals surface area contributed by atoms with Gasteiger partial charge in [0.1, 0.15) is 11.5 Å². The first-order chi connectivity index (χ1) is 14.1. The number of carbonyl (C=O) groups excluding carboxylic acids is 1. The Morgan fingerprint density at radius 1 is 1.14 bits per heavy atom. The van der Waals surface area contributed by atoms with Crippen molar-refractivity contribution < 1.29 is 14.3 Å². The van der Waals surface area contributed by atoms with Gasteiger partial charge in [0, 0.05) is 49.7 Å². The first-order valence-electron chi connectivity index (χ1n) is 9.51. The van der Waals surface area contributed by atoms with Crippen LogP contribution < -0.4 is 19.7 Å². The summed E-state index contributed by atoms with van der Waals surface area (Å²) >= 11 is 0. The molecule has 4 rings (SSSR count). The standard InChI is InChI=1S/C23H23N3O3/c1-26-11-10-17-7-8-18(12-21(17)26)23(27)25-15-16-6-9-22(24-14-16)29-20-5-3-4-19(13-20)28-2/h3-9,12-14H,10-11,15H2,1-2H3,(H,25,27). The molecule has 148 valence electrons. The minimum Gasteiger partial charge on any atom is -0.497 e. The van der Waals surface area contributed by atoms with Crippen molar-refractivity contribution in [2.24, 2.45) is 0 Å². The predicted molar refractivity (Wildman–Crippen MR) is 112 cm³/mol. The summed E-state index contributed by atoms with van der Waals surface area (Å²) in [6.07, 6.45) is 2.73. The molecule has 29 heavy (non-hydrogen) atoms. The van der Waals surface area contributed by atoms with Gasteiger partial charge in [0.05, 0.1) is 7.11 Å². The maximum absolute atomic E-state index is 12.5. The number of likely N-dealkylation sites (N-methyl/N-ethyl adjacent to an activating group) is 1. The van der Waals surface area contributed by atoms with Crippen LogP contribution in [0.5, 0.6) is 17.4 Å². The summed E-state index contributed by atoms with van der Waals surface area (Å²) in [5, 5.41) is 2.95. The lowest BCUT2D eigenvalue weighted by molar-refractivity contribution is 0.0951. The molecule has 2 aromatic carbocycles. The predicted octanol–water partition coefficient (Wildman–Crippen LogP) is 3.80. The topological polar surface area (TPSA) is 63.7 Å². The molecule has 6 nitrogen and oxygen atoms in total. The van der Waals surface area contributed by atoms with Gasteiger partial charge >= 0.3 is 0 Å². The fraction of sp³-hybridized carbons (Fsp3) is 0.217. The van der Waals surface area contributed by atoms with Crippen molar-refractivity contribution in [3.8, 4) is 17.4 Å². The van der Waals surface area contributed by atoms with Crippen molar-refractivity contribution in [1.82, 2.24) is 10.3 Å². The van der Waals surface area contributed by atoms with Crippen LogP contribution in [-0.2, 0) is 13.0 Å². The lowest BCUT2D eigenvalue weighted by Gasteiger charge is -2.13. The summed E-state index contributed by atoms with van der Waals surface area (Å²) in [7, 11) is 3.66. The second kappa shape index (κ2) is 8.22. The largest absolute Gasteiger partial charge is 0.497 e. The van der Waals surface area contributed by atoms with Gasteiger partial charge in [0.25, 0.3) is 5.91 Å². The zero-order valence-corrected chi connectivity index (χ0v) is 16.5. The highest BCUT2D eigenvalue weighted by molar-refractivity contribution is 5.95. The Kier molecular flexibility index (Phi) is 5.33. The van der Waals surface area contributed by atoms with Gasteiger partial charge in [-0.2, -0.15) is 0 Å². The number of pyridine rings is 1. The van der Waals surface area contributed by atoms with E-state index in [1.807, 2.05) is 49.5 Å². The number of amides is 1. The number of methoxy groups -OCH3 is 1. The number of anilines is 1. The van der Waals surface area contributed by atoms with E-state index in [4.69, 9.17) is 9.47 Å². The highest BCUT2D eigenvalue weighted by Gasteiger charge is 2.17. The molecule has 0 bridgehead atoms. The molecule has 0 atom stereocenters. The Morgan fingerprint density at radius 2 is 2.00 bits per heavy atom. The highest BCUT2D eigenvalue weighted by Crippen LogP contribution is 2.27. The molecule has 0 aliphatic carbocycles. The van der Waals surface area contributed by atoms with Crippen molar-refractivity contribution in [3.05, 3.63) is 77.5 Å². The zero-order chi connectivity index (χ0) is 20.2. The number of hydrogen-bond acceptors (Lipinski definition) is 5. The normalized spacial score (nSPS) is 12.4. The minimum absolute atomic E-state index is 0.0928. The molecule has 1 N–H and O–H groups in total. The molecular formula is C23H23N3O3. The maximum Gasteiger partial charge on any atom is 0.251 e. The number of nitrogens with zero attached hydrogens (tertiary/aromatic N) is 2. The molecule has 0 saturated heterocycles. The van der Waals surface area contributed by atoms with Crippen LogP contribution in [0, 0.1) is 0 Å². The van der Waals surface area contributed by atoms with E-state index in [9.17, 15) is 4.79 Å². The molecule has 1 amide bonds. The summed E-state index contributed by atoms with van der Waals surface area (Å²) in [5.74, 6) is 1.76. The van der Waals surface area contributed by atoms with E-state index in [-0.39, 0.29) is 5.91 Å². The summed E-state index contributed by atoms with van der Waals surface area (Å²) < 4.78 is 10.9. The van der Waals surface area contributed by atoms with E-state index < -0.39 is 0 Å². The zero-order valence-electron chi connectivity index (χ0n) is 16.5. The molecule has 1 aliphatic rings. The van der Waals surface area contributed by atoms with Gasteiger partial charge in [-0.05, 0) is 41.8 Å². The number of ether oxygens (including phenoxy) is 2. The Bertz CT molecular complexity index is 1020. The molecule has 0 fully saturated rings. The number of hydrogen-bond donors (Lipinski definition) is 1. The lowest BCUT2D eigenvalue weighted by Crippen LogP contribution is -2.23. The van der Waals surface area contributed by atoms with Crippen molar-refractivity contribution in [2.75, 3.05) is 25.6 Å². The van der Waals surface area contributed by atoms with Crippen LogP contribution in [0.1, 0.15) is 21.5 Å². The molecule has 1 aliphatic heterocycles. The molecule has 1 aromatic heterocycles. The third kappa shape index (κ3) is 4.32. The van der Waals surface area contributed by atoms with Crippen LogP contribution in [0.15, 0.2) is 60.8 Å². The molecule has 2 heterocycles. The molecule has 0 saturated carbocycles. The average Bonchev–Trinajstić information content (AvgIpc) is 3.13. The van der Waals surface area contributed by atoms with Crippen LogP contribution in [0.2, 0.25) is 0 Å². The smallest absolute Gasteiger partial charge is 0.251 e. The van der Waals surface area contributed by atoms with Crippen LogP contribution in [0.3, 0.4) is 0 Å². The van der Waals surface area contributed by atoms with Gasteiger partial charge in [-0.15, -0.1) is 0 Å². The summed E-state index contributed by atoms with van der Waals surface area (Å²) in [6, 6.07) is 16.9. The van der Waals surface area contributed by atoms with Gasteiger partial charge in [0.2, 0.25) is 5.88 Å². The van der Waals surface area contributed by atoms with Gasteiger partial charge in [-0.25, -0.2) is 4.98 Å². The molecule has 3 aromatic rings. The molecule has 0 spiro atoms. The van der Waals surface area contributed by atoms with E-state index in [0.29, 0.717) is 23.7 Å². The highest BCUT2D eigenvalue weighted by atomic mass is 16.5. The quantitative estimate of drug-likeness (QED) is 0.695. The first kappa shape index (κ1) is 18.8.